The van der Waals surface area contributed by atoms with E-state index in [4.69, 9.17) is 16.7 Å². The molecule has 38 heavy (non-hydrogen) atoms. The van der Waals surface area contributed by atoms with Crippen LogP contribution in [0.25, 0.3) is 27.8 Å². The Hall–Kier alpha value is -4.24. The highest BCUT2D eigenvalue weighted by molar-refractivity contribution is 6.33. The maximum atomic E-state index is 13.6. The third-order valence-electron chi connectivity index (χ3n) is 6.07. The lowest BCUT2D eigenvalue weighted by atomic mass is 10.0. The van der Waals surface area contributed by atoms with E-state index >= 15 is 0 Å². The molecule has 2 aromatic heterocycles. The Bertz CT molecular complexity index is 1630. The van der Waals surface area contributed by atoms with Crippen LogP contribution in [0, 0.1) is 5.82 Å². The van der Waals surface area contributed by atoms with Crippen molar-refractivity contribution in [2.45, 2.75) is 19.1 Å². The van der Waals surface area contributed by atoms with Gasteiger partial charge >= 0.3 is 6.18 Å². The number of carbonyl (C=O) groups is 1. The molecule has 0 bridgehead atoms. The fourth-order valence-electron chi connectivity index (χ4n) is 4.08. The molecule has 5 nitrogen and oxygen atoms in total. The zero-order valence-corrected chi connectivity index (χ0v) is 20.6. The lowest BCUT2D eigenvalue weighted by Gasteiger charge is -2.15. The topological polar surface area (TPSA) is 59.8 Å². The highest BCUT2D eigenvalue weighted by atomic mass is 35.5. The van der Waals surface area contributed by atoms with Crippen LogP contribution in [0.15, 0.2) is 85.1 Å². The van der Waals surface area contributed by atoms with Crippen LogP contribution in [0.3, 0.4) is 0 Å². The zero-order valence-electron chi connectivity index (χ0n) is 19.8. The average Bonchev–Trinajstić information content (AvgIpc) is 3.27. The molecule has 2 heterocycles. The smallest absolute Gasteiger partial charge is 0.345 e. The third kappa shape index (κ3) is 4.97. The van der Waals surface area contributed by atoms with Gasteiger partial charge in [0.25, 0.3) is 5.91 Å². The summed E-state index contributed by atoms with van der Waals surface area (Å²) in [6, 6.07) is 19.6. The van der Waals surface area contributed by atoms with E-state index in [9.17, 15) is 22.4 Å². The van der Waals surface area contributed by atoms with E-state index in [1.165, 1.54) is 18.2 Å². The number of benzene rings is 3. The third-order valence-corrected chi connectivity index (χ3v) is 6.40. The molecule has 0 unspecified atom stereocenters. The molecule has 192 valence electrons. The van der Waals surface area contributed by atoms with E-state index in [1.54, 1.807) is 54.1 Å². The number of hydrogen-bond donors (Lipinski definition) is 1. The lowest BCUT2D eigenvalue weighted by molar-refractivity contribution is -0.141. The van der Waals surface area contributed by atoms with Crippen molar-refractivity contribution in [2.75, 3.05) is 0 Å². The van der Waals surface area contributed by atoms with E-state index in [0.717, 1.165) is 17.6 Å². The molecule has 1 amide bonds. The summed E-state index contributed by atoms with van der Waals surface area (Å²) >= 11 is 6.44. The second-order valence-corrected chi connectivity index (χ2v) is 9.03. The number of pyridine rings is 1. The van der Waals surface area contributed by atoms with Gasteiger partial charge in [-0.1, -0.05) is 35.9 Å². The summed E-state index contributed by atoms with van der Waals surface area (Å²) in [6.45, 7) is 1.65. The zero-order chi connectivity index (χ0) is 27.0. The number of carbonyl (C=O) groups excluding carboxylic acids is 1. The normalized spacial score (nSPS) is 12.5. The standard InChI is InChI=1S/C28H19ClF4N4O/c1-16(18-7-13-25(34-15-18)28(31,32)33)35-27(38)17-6-12-22-24(14-17)37(20-10-8-19(30)9-11-20)36-26(22)21-4-2-3-5-23(21)29/h2-16H,1H3,(H,35,38)/t16-/m1/s1. The number of fused-ring (bicyclic) bond motifs is 1. The minimum absolute atomic E-state index is 0.304. The molecule has 0 spiro atoms. The van der Waals surface area contributed by atoms with Crippen molar-refractivity contribution in [1.82, 2.24) is 20.1 Å². The van der Waals surface area contributed by atoms with Gasteiger partial charge in [-0.25, -0.2) is 9.07 Å². The first-order chi connectivity index (χ1) is 18.1. The molecule has 5 aromatic rings. The van der Waals surface area contributed by atoms with E-state index in [1.807, 2.05) is 12.1 Å². The lowest BCUT2D eigenvalue weighted by Crippen LogP contribution is -2.26. The predicted octanol–water partition coefficient (Wildman–Crippen LogP) is 7.39. The Morgan fingerprint density at radius 2 is 1.74 bits per heavy atom. The number of alkyl halides is 3. The summed E-state index contributed by atoms with van der Waals surface area (Å²) in [4.78, 5) is 16.6. The van der Waals surface area contributed by atoms with Gasteiger partial charge in [0, 0.05) is 22.7 Å². The Balaban J connectivity index is 1.51. The van der Waals surface area contributed by atoms with Gasteiger partial charge in [0.1, 0.15) is 17.2 Å². The second-order valence-electron chi connectivity index (χ2n) is 8.62. The second kappa shape index (κ2) is 9.90. The summed E-state index contributed by atoms with van der Waals surface area (Å²) in [5.41, 5.74) is 2.17. The van der Waals surface area contributed by atoms with E-state index in [2.05, 4.69) is 10.3 Å². The molecule has 0 saturated heterocycles. The number of hydrogen-bond acceptors (Lipinski definition) is 3. The van der Waals surface area contributed by atoms with Crippen molar-refractivity contribution in [1.29, 1.82) is 0 Å². The van der Waals surface area contributed by atoms with Gasteiger partial charge in [0.15, 0.2) is 0 Å². The highest BCUT2D eigenvalue weighted by Gasteiger charge is 2.32. The monoisotopic (exact) mass is 538 g/mol. The molecule has 0 aliphatic carbocycles. The number of nitrogens with zero attached hydrogens (tertiary/aromatic N) is 3. The number of halogens is 5. The van der Waals surface area contributed by atoms with Crippen molar-refractivity contribution >= 4 is 28.4 Å². The van der Waals surface area contributed by atoms with Crippen molar-refractivity contribution < 1.29 is 22.4 Å². The Morgan fingerprint density at radius 3 is 2.39 bits per heavy atom. The molecular weight excluding hydrogens is 520 g/mol. The molecule has 10 heteroatoms. The summed E-state index contributed by atoms with van der Waals surface area (Å²) in [5, 5.41) is 8.74. The molecule has 5 rings (SSSR count). The van der Waals surface area contributed by atoms with Gasteiger partial charge < -0.3 is 5.32 Å². The van der Waals surface area contributed by atoms with Crippen LogP contribution < -0.4 is 5.32 Å². The number of amides is 1. The van der Waals surface area contributed by atoms with E-state index in [-0.39, 0.29) is 0 Å². The molecule has 0 radical (unpaired) electrons. The summed E-state index contributed by atoms with van der Waals surface area (Å²) in [7, 11) is 0. The molecule has 0 saturated carbocycles. The molecular formula is C28H19ClF4N4O. The van der Waals surface area contributed by atoms with Gasteiger partial charge in [0.05, 0.1) is 22.3 Å². The van der Waals surface area contributed by atoms with Crippen LogP contribution in [-0.2, 0) is 6.18 Å². The van der Waals surface area contributed by atoms with E-state index < -0.39 is 29.6 Å². The van der Waals surface area contributed by atoms with E-state index in [0.29, 0.717) is 38.6 Å². The van der Waals surface area contributed by atoms with Gasteiger partial charge in [-0.3, -0.25) is 9.78 Å². The largest absolute Gasteiger partial charge is 0.433 e. The molecule has 1 atom stereocenters. The molecule has 0 fully saturated rings. The minimum atomic E-state index is -4.54. The van der Waals surface area contributed by atoms with Gasteiger partial charge in [-0.05, 0) is 67.1 Å². The van der Waals surface area contributed by atoms with Crippen LogP contribution in [0.1, 0.15) is 34.6 Å². The summed E-state index contributed by atoms with van der Waals surface area (Å²) in [6.07, 6.45) is -3.45. The summed E-state index contributed by atoms with van der Waals surface area (Å²) in [5.74, 6) is -0.839. The van der Waals surface area contributed by atoms with Gasteiger partial charge in [-0.15, -0.1) is 0 Å². The first-order valence-electron chi connectivity index (χ1n) is 11.5. The first kappa shape index (κ1) is 25.4. The van der Waals surface area contributed by atoms with Crippen LogP contribution >= 0.6 is 11.6 Å². The number of rotatable bonds is 5. The van der Waals surface area contributed by atoms with Crippen molar-refractivity contribution in [2.24, 2.45) is 0 Å². The minimum Gasteiger partial charge on any atom is -0.345 e. The molecule has 3 aromatic carbocycles. The molecule has 0 aliphatic rings. The Labute approximate surface area is 219 Å². The fraction of sp³-hybridized carbons (Fsp3) is 0.107. The average molecular weight is 539 g/mol. The maximum Gasteiger partial charge on any atom is 0.433 e. The first-order valence-corrected chi connectivity index (χ1v) is 11.9. The molecule has 1 N–H and O–H groups in total. The predicted molar refractivity (Wildman–Crippen MR) is 137 cm³/mol. The number of nitrogens with one attached hydrogen (secondary N) is 1. The quantitative estimate of drug-likeness (QED) is 0.237. The van der Waals surface area contributed by atoms with Crippen molar-refractivity contribution in [3.63, 3.8) is 0 Å². The van der Waals surface area contributed by atoms with Crippen molar-refractivity contribution in [3.05, 3.63) is 113 Å². The van der Waals surface area contributed by atoms with Crippen LogP contribution in [0.2, 0.25) is 5.02 Å². The van der Waals surface area contributed by atoms with Crippen LogP contribution in [-0.4, -0.2) is 20.7 Å². The van der Waals surface area contributed by atoms with Crippen LogP contribution in [0.5, 0.6) is 0 Å². The number of aromatic nitrogens is 3. The fourth-order valence-corrected chi connectivity index (χ4v) is 4.31. The molecule has 0 aliphatic heterocycles. The SMILES string of the molecule is C[C@@H](NC(=O)c1ccc2c(-c3ccccc3Cl)nn(-c3ccc(F)cc3)c2c1)c1ccc(C(F)(F)F)nc1. The Morgan fingerprint density at radius 1 is 1.00 bits per heavy atom. The van der Waals surface area contributed by atoms with Gasteiger partial charge in [-0.2, -0.15) is 18.3 Å². The summed E-state index contributed by atoms with van der Waals surface area (Å²) < 4.78 is 53.7. The van der Waals surface area contributed by atoms with Gasteiger partial charge in [0.2, 0.25) is 0 Å². The van der Waals surface area contributed by atoms with Crippen molar-refractivity contribution in [3.8, 4) is 16.9 Å². The Kier molecular flexibility index (Phi) is 6.62. The maximum absolute atomic E-state index is 13.6. The van der Waals surface area contributed by atoms with Crippen LogP contribution in [0.4, 0.5) is 17.6 Å². The highest BCUT2D eigenvalue weighted by Crippen LogP contribution is 2.34.